The highest BCUT2D eigenvalue weighted by atomic mass is 32.2. The van der Waals surface area contributed by atoms with Gasteiger partial charge in [0.15, 0.2) is 5.76 Å². The quantitative estimate of drug-likeness (QED) is 0.719. The van der Waals surface area contributed by atoms with Gasteiger partial charge in [0.1, 0.15) is 10.6 Å². The van der Waals surface area contributed by atoms with Crippen molar-refractivity contribution >= 4 is 10.0 Å². The molecule has 1 saturated carbocycles. The number of hydrogen-bond donors (Lipinski definition) is 2. The zero-order chi connectivity index (χ0) is 12.5. The molecule has 17 heavy (non-hydrogen) atoms. The van der Waals surface area contributed by atoms with Crippen molar-refractivity contribution in [2.45, 2.75) is 37.6 Å². The monoisotopic (exact) mass is 259 g/mol. The number of rotatable bonds is 6. The Morgan fingerprint density at radius 3 is 2.59 bits per heavy atom. The highest BCUT2D eigenvalue weighted by molar-refractivity contribution is 7.89. The van der Waals surface area contributed by atoms with E-state index in [1.54, 1.807) is 13.8 Å². The Morgan fingerprint density at radius 1 is 1.35 bits per heavy atom. The van der Waals surface area contributed by atoms with Crippen LogP contribution in [0.2, 0.25) is 0 Å². The van der Waals surface area contributed by atoms with Crippen molar-refractivity contribution in [1.29, 1.82) is 0 Å². The Morgan fingerprint density at radius 2 is 2.06 bits per heavy atom. The van der Waals surface area contributed by atoms with Crippen LogP contribution < -0.4 is 10.0 Å². The number of aromatic nitrogens is 1. The standard InChI is InChI=1S/C10H17N3O3S/c1-7-10(8(2)16-13-7)17(14,15)12-6-5-11-9-3-4-9/h9,11-12H,3-6H2,1-2H3. The Hall–Kier alpha value is -0.920. The zero-order valence-corrected chi connectivity index (χ0v) is 10.8. The van der Waals surface area contributed by atoms with Crippen LogP contribution in [0, 0.1) is 13.8 Å². The third kappa shape index (κ3) is 3.05. The van der Waals surface area contributed by atoms with Crippen molar-refractivity contribution in [2.24, 2.45) is 0 Å². The summed E-state index contributed by atoms with van der Waals surface area (Å²) in [6.07, 6.45) is 2.38. The van der Waals surface area contributed by atoms with Gasteiger partial charge >= 0.3 is 0 Å². The first kappa shape index (κ1) is 12.5. The van der Waals surface area contributed by atoms with Crippen molar-refractivity contribution in [3.05, 3.63) is 11.5 Å². The summed E-state index contributed by atoms with van der Waals surface area (Å²) in [7, 11) is -3.50. The molecule has 1 aromatic heterocycles. The molecule has 0 atom stereocenters. The van der Waals surface area contributed by atoms with Gasteiger partial charge in [-0.05, 0) is 26.7 Å². The number of nitrogens with one attached hydrogen (secondary N) is 2. The van der Waals surface area contributed by atoms with E-state index >= 15 is 0 Å². The van der Waals surface area contributed by atoms with Gasteiger partial charge in [-0.2, -0.15) is 0 Å². The van der Waals surface area contributed by atoms with Gasteiger partial charge in [-0.15, -0.1) is 0 Å². The topological polar surface area (TPSA) is 84.2 Å². The van der Waals surface area contributed by atoms with Crippen LogP contribution in [0.5, 0.6) is 0 Å². The minimum absolute atomic E-state index is 0.156. The summed E-state index contributed by atoms with van der Waals surface area (Å²) in [5.74, 6) is 0.324. The third-order valence-corrected chi connectivity index (χ3v) is 4.37. The van der Waals surface area contributed by atoms with E-state index < -0.39 is 10.0 Å². The molecule has 96 valence electrons. The second-order valence-electron chi connectivity index (χ2n) is 4.28. The lowest BCUT2D eigenvalue weighted by Gasteiger charge is -2.06. The summed E-state index contributed by atoms with van der Waals surface area (Å²) in [4.78, 5) is 0.156. The third-order valence-electron chi connectivity index (χ3n) is 2.66. The summed E-state index contributed by atoms with van der Waals surface area (Å²) in [6.45, 7) is 4.24. The molecule has 0 aromatic carbocycles. The first-order valence-corrected chi connectivity index (χ1v) is 7.15. The lowest BCUT2D eigenvalue weighted by Crippen LogP contribution is -2.33. The van der Waals surface area contributed by atoms with E-state index in [1.807, 2.05) is 0 Å². The van der Waals surface area contributed by atoms with Crippen LogP contribution in [0.4, 0.5) is 0 Å². The molecule has 2 N–H and O–H groups in total. The van der Waals surface area contributed by atoms with Gasteiger partial charge in [0.05, 0.1) is 0 Å². The normalized spacial score (nSPS) is 16.4. The largest absolute Gasteiger partial charge is 0.360 e. The van der Waals surface area contributed by atoms with Crippen LogP contribution >= 0.6 is 0 Å². The first-order valence-electron chi connectivity index (χ1n) is 5.66. The summed E-state index contributed by atoms with van der Waals surface area (Å²) in [5.41, 5.74) is 0.394. The fourth-order valence-electron chi connectivity index (χ4n) is 1.68. The average Bonchev–Trinajstić information content (AvgIpc) is 3.00. The fourth-order valence-corrected chi connectivity index (χ4v) is 3.04. The molecule has 0 bridgehead atoms. The predicted octanol–water partition coefficient (Wildman–Crippen LogP) is 0.322. The highest BCUT2D eigenvalue weighted by Gasteiger charge is 2.24. The second-order valence-corrected chi connectivity index (χ2v) is 5.98. The maximum atomic E-state index is 12.0. The van der Waals surface area contributed by atoms with Crippen LogP contribution in [-0.2, 0) is 10.0 Å². The van der Waals surface area contributed by atoms with E-state index in [4.69, 9.17) is 4.52 Å². The molecule has 0 saturated heterocycles. The molecule has 0 unspecified atom stereocenters. The van der Waals surface area contributed by atoms with Gasteiger partial charge in [0.25, 0.3) is 0 Å². The molecule has 0 amide bonds. The van der Waals surface area contributed by atoms with Crippen LogP contribution in [0.1, 0.15) is 24.3 Å². The van der Waals surface area contributed by atoms with Gasteiger partial charge in [-0.3, -0.25) is 0 Å². The van der Waals surface area contributed by atoms with E-state index in [-0.39, 0.29) is 4.90 Å². The van der Waals surface area contributed by atoms with Crippen molar-refractivity contribution < 1.29 is 12.9 Å². The molecule has 2 rings (SSSR count). The molecule has 1 aliphatic rings. The van der Waals surface area contributed by atoms with E-state index in [2.05, 4.69) is 15.2 Å². The molecule has 0 radical (unpaired) electrons. The van der Waals surface area contributed by atoms with E-state index in [0.29, 0.717) is 30.6 Å². The van der Waals surface area contributed by atoms with E-state index in [9.17, 15) is 8.42 Å². The maximum Gasteiger partial charge on any atom is 0.246 e. The number of hydrogen-bond acceptors (Lipinski definition) is 5. The van der Waals surface area contributed by atoms with E-state index in [0.717, 1.165) is 0 Å². The number of aryl methyl sites for hydroxylation is 2. The maximum absolute atomic E-state index is 12.0. The lowest BCUT2D eigenvalue weighted by atomic mass is 10.4. The van der Waals surface area contributed by atoms with Crippen molar-refractivity contribution in [3.8, 4) is 0 Å². The Kier molecular flexibility index (Phi) is 3.50. The zero-order valence-electron chi connectivity index (χ0n) is 9.99. The van der Waals surface area contributed by atoms with Gasteiger partial charge in [-0.25, -0.2) is 13.1 Å². The SMILES string of the molecule is Cc1noc(C)c1S(=O)(=O)NCCNC1CC1. The number of nitrogens with zero attached hydrogens (tertiary/aromatic N) is 1. The van der Waals surface area contributed by atoms with Crippen LogP contribution in [0.15, 0.2) is 9.42 Å². The molecule has 6 nitrogen and oxygen atoms in total. The molecule has 1 fully saturated rings. The highest BCUT2D eigenvalue weighted by Crippen LogP contribution is 2.19. The van der Waals surface area contributed by atoms with Crippen LogP contribution in [0.25, 0.3) is 0 Å². The Bertz CT molecular complexity index is 471. The van der Waals surface area contributed by atoms with Gasteiger partial charge in [0, 0.05) is 19.1 Å². The molecular formula is C10H17N3O3S. The molecular weight excluding hydrogens is 242 g/mol. The Labute approximate surface area is 101 Å². The molecule has 0 aliphatic heterocycles. The lowest BCUT2D eigenvalue weighted by molar-refractivity contribution is 0.390. The van der Waals surface area contributed by atoms with Crippen molar-refractivity contribution in [1.82, 2.24) is 15.2 Å². The van der Waals surface area contributed by atoms with Gasteiger partial charge < -0.3 is 9.84 Å². The van der Waals surface area contributed by atoms with E-state index in [1.165, 1.54) is 12.8 Å². The molecule has 7 heteroatoms. The van der Waals surface area contributed by atoms with Crippen molar-refractivity contribution in [3.63, 3.8) is 0 Å². The minimum atomic E-state index is -3.50. The fraction of sp³-hybridized carbons (Fsp3) is 0.700. The molecule has 0 spiro atoms. The molecule has 1 heterocycles. The second kappa shape index (κ2) is 4.75. The average molecular weight is 259 g/mol. The summed E-state index contributed by atoms with van der Waals surface area (Å²) >= 11 is 0. The summed E-state index contributed by atoms with van der Waals surface area (Å²) < 4.78 is 31.3. The summed E-state index contributed by atoms with van der Waals surface area (Å²) in [5, 5.41) is 6.88. The molecule has 1 aliphatic carbocycles. The van der Waals surface area contributed by atoms with Gasteiger partial charge in [0.2, 0.25) is 10.0 Å². The number of sulfonamides is 1. The first-order chi connectivity index (χ1) is 8.00. The van der Waals surface area contributed by atoms with Crippen LogP contribution in [-0.4, -0.2) is 32.7 Å². The smallest absolute Gasteiger partial charge is 0.246 e. The van der Waals surface area contributed by atoms with Gasteiger partial charge in [-0.1, -0.05) is 5.16 Å². The van der Waals surface area contributed by atoms with Crippen LogP contribution in [0.3, 0.4) is 0 Å². The summed E-state index contributed by atoms with van der Waals surface area (Å²) in [6, 6.07) is 0.582. The minimum Gasteiger partial charge on any atom is -0.360 e. The molecule has 1 aromatic rings. The predicted molar refractivity (Wildman–Crippen MR) is 62.2 cm³/mol. The Balaban J connectivity index is 1.93. The van der Waals surface area contributed by atoms with Crippen molar-refractivity contribution in [2.75, 3.05) is 13.1 Å².